The molecule has 0 saturated heterocycles. The molecule has 0 aliphatic heterocycles. The lowest BCUT2D eigenvalue weighted by molar-refractivity contribution is -0.141. The van der Waals surface area contributed by atoms with Crippen LogP contribution in [0.25, 0.3) is 0 Å². The second-order valence-electron chi connectivity index (χ2n) is 3.77. The molecular weight excluding hydrogens is 192 g/mol. The summed E-state index contributed by atoms with van der Waals surface area (Å²) in [5.74, 6) is 1.05. The first-order valence-corrected chi connectivity index (χ1v) is 5.01. The molecule has 3 nitrogen and oxygen atoms in total. The third-order valence-electron chi connectivity index (χ3n) is 2.74. The van der Waals surface area contributed by atoms with Gasteiger partial charge in [-0.1, -0.05) is 6.07 Å². The molecule has 0 fully saturated rings. The zero-order chi connectivity index (χ0) is 10.8. The van der Waals surface area contributed by atoms with Crippen molar-refractivity contribution >= 4 is 5.97 Å². The number of esters is 1. The van der Waals surface area contributed by atoms with Crippen LogP contribution in [-0.4, -0.2) is 19.7 Å². The van der Waals surface area contributed by atoms with Crippen LogP contribution in [0.2, 0.25) is 0 Å². The van der Waals surface area contributed by atoms with E-state index >= 15 is 0 Å². The molecule has 3 heteroatoms. The predicted molar refractivity (Wildman–Crippen MR) is 56.1 cm³/mol. The Morgan fingerprint density at radius 1 is 1.53 bits per heavy atom. The van der Waals surface area contributed by atoms with E-state index in [4.69, 9.17) is 9.47 Å². The van der Waals surface area contributed by atoms with Gasteiger partial charge in [-0.3, -0.25) is 4.79 Å². The second-order valence-corrected chi connectivity index (χ2v) is 3.77. The van der Waals surface area contributed by atoms with Gasteiger partial charge in [-0.15, -0.1) is 0 Å². The molecule has 0 N–H and O–H groups in total. The molecule has 0 amide bonds. The molecule has 0 radical (unpaired) electrons. The summed E-state index contributed by atoms with van der Waals surface area (Å²) >= 11 is 0. The summed E-state index contributed by atoms with van der Waals surface area (Å²) in [6, 6.07) is 6.03. The van der Waals surface area contributed by atoms with Gasteiger partial charge in [-0.05, 0) is 29.7 Å². The summed E-state index contributed by atoms with van der Waals surface area (Å²) in [5.41, 5.74) is 2.57. The number of ether oxygens (including phenoxy) is 2. The Hall–Kier alpha value is -1.51. The monoisotopic (exact) mass is 206 g/mol. The number of rotatable bonds is 3. The molecule has 1 aromatic rings. The first kappa shape index (κ1) is 10.0. The molecule has 1 atom stereocenters. The van der Waals surface area contributed by atoms with Crippen LogP contribution in [0.5, 0.6) is 5.75 Å². The van der Waals surface area contributed by atoms with Crippen LogP contribution in [0, 0.1) is 0 Å². The molecule has 0 saturated carbocycles. The Labute approximate surface area is 89.0 Å². The SMILES string of the molecule is COc1ccc2c(c1)C[C@@H]2COC(C)=O. The van der Waals surface area contributed by atoms with E-state index in [0.717, 1.165) is 12.2 Å². The quantitative estimate of drug-likeness (QED) is 0.708. The van der Waals surface area contributed by atoms with Crippen molar-refractivity contribution < 1.29 is 14.3 Å². The van der Waals surface area contributed by atoms with Gasteiger partial charge >= 0.3 is 5.97 Å². The van der Waals surface area contributed by atoms with E-state index in [1.165, 1.54) is 18.1 Å². The maximum Gasteiger partial charge on any atom is 0.302 e. The normalized spacial score (nSPS) is 17.6. The zero-order valence-electron chi connectivity index (χ0n) is 8.95. The van der Waals surface area contributed by atoms with Crippen LogP contribution >= 0.6 is 0 Å². The second kappa shape index (κ2) is 3.93. The molecule has 1 aliphatic rings. The molecule has 80 valence electrons. The lowest BCUT2D eigenvalue weighted by Gasteiger charge is -2.29. The topological polar surface area (TPSA) is 35.5 Å². The summed E-state index contributed by atoms with van der Waals surface area (Å²) in [7, 11) is 1.66. The molecule has 15 heavy (non-hydrogen) atoms. The van der Waals surface area contributed by atoms with Crippen molar-refractivity contribution in [3.05, 3.63) is 29.3 Å². The van der Waals surface area contributed by atoms with Crippen molar-refractivity contribution in [2.24, 2.45) is 0 Å². The fourth-order valence-electron chi connectivity index (χ4n) is 1.90. The average Bonchev–Trinajstić information content (AvgIpc) is 2.18. The lowest BCUT2D eigenvalue weighted by Crippen LogP contribution is -2.22. The smallest absolute Gasteiger partial charge is 0.302 e. The first-order chi connectivity index (χ1) is 7.20. The van der Waals surface area contributed by atoms with Gasteiger partial charge in [0.25, 0.3) is 0 Å². The fourth-order valence-corrected chi connectivity index (χ4v) is 1.90. The highest BCUT2D eigenvalue weighted by Gasteiger charge is 2.27. The molecule has 1 aliphatic carbocycles. The van der Waals surface area contributed by atoms with Crippen molar-refractivity contribution in [3.63, 3.8) is 0 Å². The van der Waals surface area contributed by atoms with E-state index in [9.17, 15) is 4.79 Å². The number of hydrogen-bond donors (Lipinski definition) is 0. The van der Waals surface area contributed by atoms with Gasteiger partial charge in [0.15, 0.2) is 0 Å². The summed E-state index contributed by atoms with van der Waals surface area (Å²) in [6.45, 7) is 1.93. The predicted octanol–water partition coefficient (Wildman–Crippen LogP) is 1.90. The van der Waals surface area contributed by atoms with E-state index in [1.54, 1.807) is 7.11 Å². The Morgan fingerprint density at radius 3 is 2.93 bits per heavy atom. The van der Waals surface area contributed by atoms with Crippen molar-refractivity contribution in [2.75, 3.05) is 13.7 Å². The number of methoxy groups -OCH3 is 1. The highest BCUT2D eigenvalue weighted by atomic mass is 16.5. The van der Waals surface area contributed by atoms with E-state index in [0.29, 0.717) is 12.5 Å². The van der Waals surface area contributed by atoms with Gasteiger partial charge in [-0.25, -0.2) is 0 Å². The number of carbonyl (C=O) groups is 1. The zero-order valence-corrected chi connectivity index (χ0v) is 8.95. The minimum atomic E-state index is -0.211. The van der Waals surface area contributed by atoms with Gasteiger partial charge < -0.3 is 9.47 Å². The molecule has 0 bridgehead atoms. The van der Waals surface area contributed by atoms with Crippen molar-refractivity contribution in [1.29, 1.82) is 0 Å². The van der Waals surface area contributed by atoms with Crippen LogP contribution in [0.1, 0.15) is 24.0 Å². The summed E-state index contributed by atoms with van der Waals surface area (Å²) in [6.07, 6.45) is 0.972. The molecule has 0 spiro atoms. The van der Waals surface area contributed by atoms with Crippen LogP contribution < -0.4 is 4.74 Å². The average molecular weight is 206 g/mol. The fraction of sp³-hybridized carbons (Fsp3) is 0.417. The van der Waals surface area contributed by atoms with Gasteiger partial charge in [0.2, 0.25) is 0 Å². The van der Waals surface area contributed by atoms with Crippen LogP contribution in [0.15, 0.2) is 18.2 Å². The van der Waals surface area contributed by atoms with Crippen molar-refractivity contribution in [3.8, 4) is 5.75 Å². The van der Waals surface area contributed by atoms with E-state index in [2.05, 4.69) is 0 Å². The largest absolute Gasteiger partial charge is 0.497 e. The Balaban J connectivity index is 2.01. The number of carbonyl (C=O) groups excluding carboxylic acids is 1. The standard InChI is InChI=1S/C12H14O3/c1-8(13)15-7-10-5-9-6-11(14-2)3-4-12(9)10/h3-4,6,10H,5,7H2,1-2H3/t10-/m1/s1. The van der Waals surface area contributed by atoms with Gasteiger partial charge in [0.05, 0.1) is 13.7 Å². The highest BCUT2D eigenvalue weighted by Crippen LogP contribution is 2.37. The molecule has 0 aromatic heterocycles. The third kappa shape index (κ3) is 1.96. The maximum atomic E-state index is 10.7. The van der Waals surface area contributed by atoms with E-state index < -0.39 is 0 Å². The molecule has 0 unspecified atom stereocenters. The van der Waals surface area contributed by atoms with Crippen LogP contribution in [-0.2, 0) is 16.0 Å². The van der Waals surface area contributed by atoms with Crippen molar-refractivity contribution in [2.45, 2.75) is 19.3 Å². The molecule has 0 heterocycles. The number of benzene rings is 1. The Kier molecular flexibility index (Phi) is 2.62. The lowest BCUT2D eigenvalue weighted by atomic mass is 9.78. The Morgan fingerprint density at radius 2 is 2.33 bits per heavy atom. The molecule has 1 aromatic carbocycles. The summed E-state index contributed by atoms with van der Waals surface area (Å²) in [4.78, 5) is 10.7. The summed E-state index contributed by atoms with van der Waals surface area (Å²) in [5, 5.41) is 0. The number of fused-ring (bicyclic) bond motifs is 1. The number of hydrogen-bond acceptors (Lipinski definition) is 3. The van der Waals surface area contributed by atoms with Gasteiger partial charge in [0, 0.05) is 12.8 Å². The maximum absolute atomic E-state index is 10.7. The highest BCUT2D eigenvalue weighted by molar-refractivity contribution is 5.66. The third-order valence-corrected chi connectivity index (χ3v) is 2.74. The van der Waals surface area contributed by atoms with Gasteiger partial charge in [0.1, 0.15) is 5.75 Å². The molecular formula is C12H14O3. The first-order valence-electron chi connectivity index (χ1n) is 5.01. The van der Waals surface area contributed by atoms with Crippen LogP contribution in [0.3, 0.4) is 0 Å². The van der Waals surface area contributed by atoms with E-state index in [-0.39, 0.29) is 5.97 Å². The van der Waals surface area contributed by atoms with Crippen molar-refractivity contribution in [1.82, 2.24) is 0 Å². The Bertz CT molecular complexity index is 384. The van der Waals surface area contributed by atoms with E-state index in [1.807, 2.05) is 18.2 Å². The minimum Gasteiger partial charge on any atom is -0.497 e. The van der Waals surface area contributed by atoms with Crippen LogP contribution in [0.4, 0.5) is 0 Å². The van der Waals surface area contributed by atoms with Gasteiger partial charge in [-0.2, -0.15) is 0 Å². The molecule has 2 rings (SSSR count). The summed E-state index contributed by atoms with van der Waals surface area (Å²) < 4.78 is 10.1. The minimum absolute atomic E-state index is 0.211.